The minimum Gasteiger partial charge on any atom is -0.356 e. The van der Waals surface area contributed by atoms with E-state index in [0.29, 0.717) is 6.54 Å². The maximum absolute atomic E-state index is 4.58. The van der Waals surface area contributed by atoms with E-state index in [2.05, 4.69) is 51.6 Å². The van der Waals surface area contributed by atoms with Crippen molar-refractivity contribution in [2.24, 2.45) is 4.99 Å². The lowest BCUT2D eigenvalue weighted by molar-refractivity contribution is 0.787. The van der Waals surface area contributed by atoms with Crippen molar-refractivity contribution < 1.29 is 0 Å². The molecule has 3 rings (SSSR count). The van der Waals surface area contributed by atoms with Crippen molar-refractivity contribution in [1.29, 1.82) is 0 Å². The number of para-hydroxylation sites is 1. The summed E-state index contributed by atoms with van der Waals surface area (Å²) < 4.78 is 2.01. The van der Waals surface area contributed by atoms with Gasteiger partial charge in [0.25, 0.3) is 0 Å². The van der Waals surface area contributed by atoms with Crippen molar-refractivity contribution in [3.8, 4) is 5.69 Å². The van der Waals surface area contributed by atoms with Gasteiger partial charge in [0.05, 0.1) is 22.7 Å². The quantitative estimate of drug-likeness (QED) is 0.312. The number of aliphatic imine (C=N–C) groups is 1. The molecule has 0 radical (unpaired) electrons. The number of nitrogens with zero attached hydrogens (tertiary/aromatic N) is 4. The Bertz CT molecular complexity index is 853. The second-order valence-electron chi connectivity index (χ2n) is 5.95. The molecule has 2 aromatic heterocycles. The van der Waals surface area contributed by atoms with Crippen molar-refractivity contribution in [1.82, 2.24) is 25.2 Å². The molecule has 2 N–H and O–H groups in total. The number of hydrogen-bond donors (Lipinski definition) is 2. The highest BCUT2D eigenvalue weighted by atomic mass is 127. The molecule has 0 saturated carbocycles. The average Bonchev–Trinajstić information content (AvgIpc) is 3.29. The molecule has 0 aliphatic heterocycles. The first-order valence-corrected chi connectivity index (χ1v) is 9.42. The van der Waals surface area contributed by atoms with Crippen LogP contribution in [0.4, 0.5) is 0 Å². The third kappa shape index (κ3) is 5.77. The maximum atomic E-state index is 4.58. The first kappa shape index (κ1) is 21.4. The van der Waals surface area contributed by atoms with Crippen LogP contribution in [0.5, 0.6) is 0 Å². The summed E-state index contributed by atoms with van der Waals surface area (Å²) in [6, 6.07) is 8.27. The Morgan fingerprint density at radius 1 is 1.22 bits per heavy atom. The molecule has 6 nitrogen and oxygen atoms in total. The van der Waals surface area contributed by atoms with E-state index in [1.807, 2.05) is 29.2 Å². The molecule has 0 amide bonds. The number of hydrogen-bond acceptors (Lipinski definition) is 4. The predicted octanol–water partition coefficient (Wildman–Crippen LogP) is 3.47. The first-order valence-electron chi connectivity index (χ1n) is 8.61. The summed E-state index contributed by atoms with van der Waals surface area (Å²) in [4.78, 5) is 14.3. The molecular weight excluding hydrogens is 471 g/mol. The van der Waals surface area contributed by atoms with Gasteiger partial charge in [0.1, 0.15) is 0 Å². The topological polar surface area (TPSA) is 67.1 Å². The van der Waals surface area contributed by atoms with Gasteiger partial charge >= 0.3 is 0 Å². The predicted molar refractivity (Wildman–Crippen MR) is 122 cm³/mol. The molecule has 0 aliphatic carbocycles. The number of aromatic nitrogens is 3. The molecular formula is C19H25IN6S. The Balaban J connectivity index is 0.00000261. The summed E-state index contributed by atoms with van der Waals surface area (Å²) in [6.45, 7) is 5.65. The van der Waals surface area contributed by atoms with Gasteiger partial charge in [0.15, 0.2) is 5.96 Å². The van der Waals surface area contributed by atoms with Crippen molar-refractivity contribution in [3.05, 3.63) is 64.1 Å². The number of benzene rings is 1. The van der Waals surface area contributed by atoms with Crippen LogP contribution in [0.1, 0.15) is 21.1 Å². The Morgan fingerprint density at radius 3 is 2.70 bits per heavy atom. The molecule has 0 atom stereocenters. The minimum absolute atomic E-state index is 0. The second kappa shape index (κ2) is 10.4. The highest BCUT2D eigenvalue weighted by Gasteiger charge is 2.06. The Labute approximate surface area is 181 Å². The van der Waals surface area contributed by atoms with Crippen LogP contribution in [-0.4, -0.2) is 34.1 Å². The number of aryl methyl sites for hydroxylation is 2. The van der Waals surface area contributed by atoms with E-state index < -0.39 is 0 Å². The Kier molecular flexibility index (Phi) is 8.23. The van der Waals surface area contributed by atoms with E-state index in [0.717, 1.165) is 35.3 Å². The van der Waals surface area contributed by atoms with E-state index in [-0.39, 0.29) is 24.0 Å². The smallest absolute Gasteiger partial charge is 0.191 e. The largest absolute Gasteiger partial charge is 0.356 e. The fourth-order valence-electron chi connectivity index (χ4n) is 2.65. The van der Waals surface area contributed by atoms with Crippen molar-refractivity contribution in [2.45, 2.75) is 26.8 Å². The van der Waals surface area contributed by atoms with Crippen molar-refractivity contribution in [3.63, 3.8) is 0 Å². The second-order valence-corrected chi connectivity index (χ2v) is 7.24. The summed E-state index contributed by atoms with van der Waals surface area (Å²) in [5.41, 5.74) is 3.42. The minimum atomic E-state index is 0. The third-order valence-corrected chi connectivity index (χ3v) is 5.28. The standard InChI is InChI=1S/C19H24N6S.HI/c1-14-15(2)26-18(24-14)8-9-22-19(20-3)23-12-16-6-4-5-7-17(16)25-11-10-21-13-25;/h4-7,10-11,13H,8-9,12H2,1-3H3,(H2,20,22,23);1H. The van der Waals surface area contributed by atoms with Crippen LogP contribution in [-0.2, 0) is 13.0 Å². The van der Waals surface area contributed by atoms with Crippen LogP contribution in [0.15, 0.2) is 48.0 Å². The van der Waals surface area contributed by atoms with Crippen LogP contribution in [0, 0.1) is 13.8 Å². The van der Waals surface area contributed by atoms with Crippen LogP contribution in [0.25, 0.3) is 5.69 Å². The molecule has 144 valence electrons. The number of thiazole rings is 1. The number of guanidine groups is 1. The van der Waals surface area contributed by atoms with E-state index in [9.17, 15) is 0 Å². The monoisotopic (exact) mass is 496 g/mol. The molecule has 2 heterocycles. The molecule has 1 aromatic carbocycles. The van der Waals surface area contributed by atoms with Gasteiger partial charge in [-0.3, -0.25) is 4.99 Å². The van der Waals surface area contributed by atoms with Gasteiger partial charge in [-0.15, -0.1) is 35.3 Å². The van der Waals surface area contributed by atoms with Crippen LogP contribution in [0.2, 0.25) is 0 Å². The fourth-order valence-corrected chi connectivity index (χ4v) is 3.58. The van der Waals surface area contributed by atoms with Crippen LogP contribution in [0.3, 0.4) is 0 Å². The number of imidazole rings is 1. The van der Waals surface area contributed by atoms with Gasteiger partial charge in [-0.2, -0.15) is 0 Å². The molecule has 0 unspecified atom stereocenters. The summed E-state index contributed by atoms with van der Waals surface area (Å²) in [7, 11) is 1.79. The van der Waals surface area contributed by atoms with E-state index in [1.165, 1.54) is 10.4 Å². The normalized spacial score (nSPS) is 11.1. The highest BCUT2D eigenvalue weighted by molar-refractivity contribution is 14.0. The molecule has 0 saturated heterocycles. The SMILES string of the molecule is CN=C(NCCc1nc(C)c(C)s1)NCc1ccccc1-n1ccnc1.I. The Morgan fingerprint density at radius 2 is 2.04 bits per heavy atom. The average molecular weight is 496 g/mol. The van der Waals surface area contributed by atoms with Gasteiger partial charge in [0.2, 0.25) is 0 Å². The lowest BCUT2D eigenvalue weighted by Crippen LogP contribution is -2.38. The van der Waals surface area contributed by atoms with E-state index in [4.69, 9.17) is 0 Å². The first-order chi connectivity index (χ1) is 12.7. The summed E-state index contributed by atoms with van der Waals surface area (Å²) in [5.74, 6) is 0.787. The molecule has 27 heavy (non-hydrogen) atoms. The van der Waals surface area contributed by atoms with Crippen molar-refractivity contribution in [2.75, 3.05) is 13.6 Å². The highest BCUT2D eigenvalue weighted by Crippen LogP contribution is 2.16. The van der Waals surface area contributed by atoms with Crippen molar-refractivity contribution >= 4 is 41.3 Å². The molecule has 8 heteroatoms. The van der Waals surface area contributed by atoms with E-state index >= 15 is 0 Å². The van der Waals surface area contributed by atoms with Gasteiger partial charge < -0.3 is 15.2 Å². The number of nitrogens with one attached hydrogen (secondary N) is 2. The van der Waals surface area contributed by atoms with Gasteiger partial charge in [-0.05, 0) is 25.5 Å². The molecule has 0 fully saturated rings. The molecule has 3 aromatic rings. The zero-order chi connectivity index (χ0) is 18.4. The van der Waals surface area contributed by atoms with E-state index in [1.54, 1.807) is 24.6 Å². The van der Waals surface area contributed by atoms with Crippen LogP contribution < -0.4 is 10.6 Å². The molecule has 0 spiro atoms. The molecule has 0 aliphatic rings. The summed E-state index contributed by atoms with van der Waals surface area (Å²) in [5, 5.41) is 7.90. The Hall–Kier alpha value is -1.94. The number of halogens is 1. The van der Waals surface area contributed by atoms with Gasteiger partial charge in [-0.1, -0.05) is 18.2 Å². The molecule has 0 bridgehead atoms. The summed E-state index contributed by atoms with van der Waals surface area (Å²) >= 11 is 1.76. The zero-order valence-electron chi connectivity index (χ0n) is 15.8. The fraction of sp³-hybridized carbons (Fsp3) is 0.316. The third-order valence-electron chi connectivity index (χ3n) is 4.15. The van der Waals surface area contributed by atoms with Crippen LogP contribution >= 0.6 is 35.3 Å². The lowest BCUT2D eigenvalue weighted by Gasteiger charge is -2.14. The van der Waals surface area contributed by atoms with Gasteiger partial charge in [-0.25, -0.2) is 9.97 Å². The number of rotatable bonds is 6. The zero-order valence-corrected chi connectivity index (χ0v) is 18.9. The van der Waals surface area contributed by atoms with Gasteiger partial charge in [0, 0.05) is 43.8 Å². The lowest BCUT2D eigenvalue weighted by atomic mass is 10.1. The summed E-state index contributed by atoms with van der Waals surface area (Å²) in [6.07, 6.45) is 6.44. The maximum Gasteiger partial charge on any atom is 0.191 e.